The zero-order valence-electron chi connectivity index (χ0n) is 8.94. The summed E-state index contributed by atoms with van der Waals surface area (Å²) in [6.07, 6.45) is 3.59. The SMILES string of the molecule is Cc1cc(CN)cnc1-c1ccnn1C. The molecule has 0 spiro atoms. The molecule has 2 heterocycles. The molecule has 0 aliphatic carbocycles. The van der Waals surface area contributed by atoms with E-state index in [-0.39, 0.29) is 0 Å². The van der Waals surface area contributed by atoms with Gasteiger partial charge in [-0.3, -0.25) is 9.67 Å². The van der Waals surface area contributed by atoms with E-state index in [0.717, 1.165) is 22.5 Å². The van der Waals surface area contributed by atoms with Gasteiger partial charge < -0.3 is 5.73 Å². The van der Waals surface area contributed by atoms with Crippen LogP contribution in [0.5, 0.6) is 0 Å². The van der Waals surface area contributed by atoms with Gasteiger partial charge in [-0.2, -0.15) is 5.10 Å². The average molecular weight is 202 g/mol. The summed E-state index contributed by atoms with van der Waals surface area (Å²) >= 11 is 0. The molecule has 0 aliphatic heterocycles. The van der Waals surface area contributed by atoms with Crippen LogP contribution in [-0.2, 0) is 13.6 Å². The minimum absolute atomic E-state index is 0.527. The van der Waals surface area contributed by atoms with Gasteiger partial charge >= 0.3 is 0 Å². The minimum Gasteiger partial charge on any atom is -0.326 e. The Hall–Kier alpha value is -1.68. The first-order valence-electron chi connectivity index (χ1n) is 4.86. The Morgan fingerprint density at radius 2 is 2.27 bits per heavy atom. The van der Waals surface area contributed by atoms with E-state index in [1.165, 1.54) is 0 Å². The smallest absolute Gasteiger partial charge is 0.0912 e. The molecule has 0 aromatic carbocycles. The summed E-state index contributed by atoms with van der Waals surface area (Å²) in [6, 6.07) is 4.02. The van der Waals surface area contributed by atoms with Gasteiger partial charge in [-0.1, -0.05) is 6.07 Å². The Bertz CT molecular complexity index is 473. The summed E-state index contributed by atoms with van der Waals surface area (Å²) < 4.78 is 1.82. The van der Waals surface area contributed by atoms with Crippen molar-refractivity contribution >= 4 is 0 Å². The van der Waals surface area contributed by atoms with Gasteiger partial charge in [0, 0.05) is 26.0 Å². The van der Waals surface area contributed by atoms with Crippen molar-refractivity contribution in [2.24, 2.45) is 12.8 Å². The number of nitrogens with zero attached hydrogens (tertiary/aromatic N) is 3. The van der Waals surface area contributed by atoms with E-state index in [9.17, 15) is 0 Å². The number of aryl methyl sites for hydroxylation is 2. The summed E-state index contributed by atoms with van der Waals surface area (Å²) in [4.78, 5) is 4.41. The number of nitrogens with two attached hydrogens (primary N) is 1. The topological polar surface area (TPSA) is 56.7 Å². The molecular formula is C11H14N4. The van der Waals surface area contributed by atoms with Crippen LogP contribution in [0.25, 0.3) is 11.4 Å². The highest BCUT2D eigenvalue weighted by molar-refractivity contribution is 5.58. The normalized spacial score (nSPS) is 10.6. The van der Waals surface area contributed by atoms with Gasteiger partial charge in [0.25, 0.3) is 0 Å². The van der Waals surface area contributed by atoms with Gasteiger partial charge in [0.05, 0.1) is 11.4 Å². The predicted molar refractivity (Wildman–Crippen MR) is 59.1 cm³/mol. The van der Waals surface area contributed by atoms with Gasteiger partial charge in [-0.15, -0.1) is 0 Å². The summed E-state index contributed by atoms with van der Waals surface area (Å²) in [6.45, 7) is 2.56. The highest BCUT2D eigenvalue weighted by Crippen LogP contribution is 2.20. The maximum absolute atomic E-state index is 5.56. The molecule has 0 saturated carbocycles. The van der Waals surface area contributed by atoms with Crippen molar-refractivity contribution in [2.45, 2.75) is 13.5 Å². The molecule has 4 nitrogen and oxygen atoms in total. The maximum Gasteiger partial charge on any atom is 0.0912 e. The Labute approximate surface area is 88.8 Å². The van der Waals surface area contributed by atoms with E-state index < -0.39 is 0 Å². The Balaban J connectivity index is 2.50. The number of hydrogen-bond donors (Lipinski definition) is 1. The lowest BCUT2D eigenvalue weighted by Crippen LogP contribution is -2.01. The lowest BCUT2D eigenvalue weighted by atomic mass is 10.1. The van der Waals surface area contributed by atoms with Gasteiger partial charge in [0.15, 0.2) is 0 Å². The molecule has 0 radical (unpaired) electrons. The Morgan fingerprint density at radius 3 is 2.80 bits per heavy atom. The number of rotatable bonds is 2. The first-order valence-corrected chi connectivity index (χ1v) is 4.86. The van der Waals surface area contributed by atoms with Crippen LogP contribution in [0.1, 0.15) is 11.1 Å². The van der Waals surface area contributed by atoms with E-state index in [4.69, 9.17) is 5.73 Å². The van der Waals surface area contributed by atoms with E-state index >= 15 is 0 Å². The maximum atomic E-state index is 5.56. The van der Waals surface area contributed by atoms with Crippen molar-refractivity contribution in [3.05, 3.63) is 35.7 Å². The van der Waals surface area contributed by atoms with Crippen LogP contribution in [-0.4, -0.2) is 14.8 Å². The van der Waals surface area contributed by atoms with Crippen molar-refractivity contribution in [2.75, 3.05) is 0 Å². The van der Waals surface area contributed by atoms with Crippen molar-refractivity contribution in [1.29, 1.82) is 0 Å². The van der Waals surface area contributed by atoms with Crippen LogP contribution in [0, 0.1) is 6.92 Å². The average Bonchev–Trinajstić information content (AvgIpc) is 2.64. The quantitative estimate of drug-likeness (QED) is 0.797. The number of pyridine rings is 1. The molecule has 78 valence electrons. The van der Waals surface area contributed by atoms with Crippen molar-refractivity contribution < 1.29 is 0 Å². The molecule has 0 unspecified atom stereocenters. The second kappa shape index (κ2) is 3.82. The van der Waals surface area contributed by atoms with Crippen LogP contribution in [0.4, 0.5) is 0 Å². The van der Waals surface area contributed by atoms with Crippen molar-refractivity contribution in [3.63, 3.8) is 0 Å². The van der Waals surface area contributed by atoms with Crippen LogP contribution in [0.3, 0.4) is 0 Å². The molecule has 2 aromatic rings. The molecule has 2 aromatic heterocycles. The van der Waals surface area contributed by atoms with Gasteiger partial charge in [-0.25, -0.2) is 0 Å². The summed E-state index contributed by atoms with van der Waals surface area (Å²) in [5, 5.41) is 4.13. The minimum atomic E-state index is 0.527. The van der Waals surface area contributed by atoms with Crippen LogP contribution in [0.15, 0.2) is 24.5 Å². The van der Waals surface area contributed by atoms with Crippen molar-refractivity contribution in [3.8, 4) is 11.4 Å². The fourth-order valence-electron chi connectivity index (χ4n) is 1.62. The molecule has 15 heavy (non-hydrogen) atoms. The summed E-state index contributed by atoms with van der Waals surface area (Å²) in [5.74, 6) is 0. The second-order valence-corrected chi connectivity index (χ2v) is 3.55. The highest BCUT2D eigenvalue weighted by atomic mass is 15.3. The van der Waals surface area contributed by atoms with E-state index in [2.05, 4.69) is 16.1 Å². The monoisotopic (exact) mass is 202 g/mol. The Morgan fingerprint density at radius 1 is 1.47 bits per heavy atom. The zero-order chi connectivity index (χ0) is 10.8. The standard InChI is InChI=1S/C11H14N4/c1-8-5-9(6-12)7-13-11(8)10-3-4-14-15(10)2/h3-5,7H,6,12H2,1-2H3. The molecular weight excluding hydrogens is 188 g/mol. The van der Waals surface area contributed by atoms with E-state index in [0.29, 0.717) is 6.54 Å². The zero-order valence-corrected chi connectivity index (χ0v) is 8.94. The number of aromatic nitrogens is 3. The predicted octanol–water partition coefficient (Wildman–Crippen LogP) is 1.25. The fourth-order valence-corrected chi connectivity index (χ4v) is 1.62. The molecule has 0 atom stereocenters. The molecule has 2 rings (SSSR count). The number of hydrogen-bond acceptors (Lipinski definition) is 3. The molecule has 2 N–H and O–H groups in total. The fraction of sp³-hybridized carbons (Fsp3) is 0.273. The second-order valence-electron chi connectivity index (χ2n) is 3.55. The molecule has 0 amide bonds. The van der Waals surface area contributed by atoms with Gasteiger partial charge in [-0.05, 0) is 24.1 Å². The third-order valence-corrected chi connectivity index (χ3v) is 2.43. The summed E-state index contributed by atoms with van der Waals surface area (Å²) in [7, 11) is 1.91. The van der Waals surface area contributed by atoms with Crippen molar-refractivity contribution in [1.82, 2.24) is 14.8 Å². The van der Waals surface area contributed by atoms with Gasteiger partial charge in [0.1, 0.15) is 0 Å². The van der Waals surface area contributed by atoms with Crippen LogP contribution >= 0.6 is 0 Å². The lowest BCUT2D eigenvalue weighted by molar-refractivity contribution is 0.772. The lowest BCUT2D eigenvalue weighted by Gasteiger charge is -2.06. The molecule has 0 saturated heterocycles. The largest absolute Gasteiger partial charge is 0.326 e. The third-order valence-electron chi connectivity index (χ3n) is 2.43. The summed E-state index contributed by atoms with van der Waals surface area (Å²) in [5.41, 5.74) is 9.73. The molecule has 0 bridgehead atoms. The highest BCUT2D eigenvalue weighted by Gasteiger charge is 2.07. The van der Waals surface area contributed by atoms with E-state index in [1.807, 2.05) is 30.9 Å². The molecule has 0 fully saturated rings. The van der Waals surface area contributed by atoms with Crippen LogP contribution in [0.2, 0.25) is 0 Å². The first kappa shape index (κ1) is 9.86. The molecule has 4 heteroatoms. The Kier molecular flexibility index (Phi) is 2.51. The third kappa shape index (κ3) is 1.76. The van der Waals surface area contributed by atoms with Gasteiger partial charge in [0.2, 0.25) is 0 Å². The first-order chi connectivity index (χ1) is 7.22. The van der Waals surface area contributed by atoms with Crippen LogP contribution < -0.4 is 5.73 Å². The van der Waals surface area contributed by atoms with E-state index in [1.54, 1.807) is 6.20 Å². The molecule has 0 aliphatic rings.